The van der Waals surface area contributed by atoms with Crippen molar-refractivity contribution in [1.82, 2.24) is 4.90 Å². The van der Waals surface area contributed by atoms with E-state index in [1.807, 2.05) is 32.9 Å². The van der Waals surface area contributed by atoms with Crippen LogP contribution < -0.4 is 0 Å². The first-order chi connectivity index (χ1) is 9.88. The van der Waals surface area contributed by atoms with Gasteiger partial charge in [-0.25, -0.2) is 0 Å². The Morgan fingerprint density at radius 2 is 2.00 bits per heavy atom. The molecule has 2 rings (SSSR count). The number of hydrogen-bond acceptors (Lipinski definition) is 3. The van der Waals surface area contributed by atoms with E-state index in [0.717, 1.165) is 11.5 Å². The number of aryl methyl sites for hydroxylation is 1. The molecule has 0 aromatic carbocycles. The van der Waals surface area contributed by atoms with Crippen LogP contribution in [0, 0.1) is 18.8 Å². The van der Waals surface area contributed by atoms with E-state index in [-0.39, 0.29) is 23.8 Å². The molecule has 116 valence electrons. The SMILES string of the molecule is Cc1ccc(CN(C(=O)[C@@H]2CC[C@H](C(=O)O)C2)C(C)C)o1. The van der Waals surface area contributed by atoms with Crippen molar-refractivity contribution in [2.24, 2.45) is 11.8 Å². The highest BCUT2D eigenvalue weighted by Gasteiger charge is 2.36. The lowest BCUT2D eigenvalue weighted by Gasteiger charge is -2.28. The molecule has 0 saturated heterocycles. The molecule has 1 aromatic rings. The van der Waals surface area contributed by atoms with Crippen molar-refractivity contribution in [2.45, 2.75) is 52.6 Å². The van der Waals surface area contributed by atoms with Gasteiger partial charge in [-0.1, -0.05) is 0 Å². The van der Waals surface area contributed by atoms with Gasteiger partial charge in [0.15, 0.2) is 0 Å². The lowest BCUT2D eigenvalue weighted by atomic mass is 10.0. The first-order valence-electron chi connectivity index (χ1n) is 7.47. The zero-order chi connectivity index (χ0) is 15.6. The summed E-state index contributed by atoms with van der Waals surface area (Å²) in [5, 5.41) is 9.06. The number of aliphatic carboxylic acids is 1. The maximum atomic E-state index is 12.7. The van der Waals surface area contributed by atoms with Crippen LogP contribution in [-0.2, 0) is 16.1 Å². The van der Waals surface area contributed by atoms with Crippen LogP contribution in [-0.4, -0.2) is 27.9 Å². The summed E-state index contributed by atoms with van der Waals surface area (Å²) in [4.78, 5) is 25.5. The van der Waals surface area contributed by atoms with Crippen molar-refractivity contribution in [2.75, 3.05) is 0 Å². The van der Waals surface area contributed by atoms with Crippen LogP contribution in [0.15, 0.2) is 16.5 Å². The lowest BCUT2D eigenvalue weighted by molar-refractivity contribution is -0.142. The van der Waals surface area contributed by atoms with Gasteiger partial charge in [0.05, 0.1) is 12.5 Å². The molecule has 0 unspecified atom stereocenters. The Balaban J connectivity index is 2.04. The van der Waals surface area contributed by atoms with E-state index < -0.39 is 5.97 Å². The molecule has 1 aliphatic carbocycles. The number of carbonyl (C=O) groups is 2. The van der Waals surface area contributed by atoms with E-state index in [4.69, 9.17) is 9.52 Å². The van der Waals surface area contributed by atoms with Crippen LogP contribution in [0.4, 0.5) is 0 Å². The molecule has 1 N–H and O–H groups in total. The number of rotatable bonds is 5. The summed E-state index contributed by atoms with van der Waals surface area (Å²) in [5.41, 5.74) is 0. The van der Waals surface area contributed by atoms with E-state index in [2.05, 4.69) is 0 Å². The summed E-state index contributed by atoms with van der Waals surface area (Å²) in [6.45, 7) is 6.26. The molecular formula is C16H23NO4. The van der Waals surface area contributed by atoms with Gasteiger partial charge in [-0.05, 0) is 52.2 Å². The highest BCUT2D eigenvalue weighted by Crippen LogP contribution is 2.33. The average Bonchev–Trinajstić information content (AvgIpc) is 3.03. The molecule has 1 fully saturated rings. The fourth-order valence-corrected chi connectivity index (χ4v) is 2.92. The van der Waals surface area contributed by atoms with Gasteiger partial charge in [-0.3, -0.25) is 9.59 Å². The molecule has 0 bridgehead atoms. The summed E-state index contributed by atoms with van der Waals surface area (Å²) in [5.74, 6) is 0.296. The van der Waals surface area contributed by atoms with Crippen LogP contribution in [0.2, 0.25) is 0 Å². The summed E-state index contributed by atoms with van der Waals surface area (Å²) < 4.78 is 5.55. The van der Waals surface area contributed by atoms with E-state index in [0.29, 0.717) is 25.8 Å². The highest BCUT2D eigenvalue weighted by atomic mass is 16.4. The van der Waals surface area contributed by atoms with Crippen molar-refractivity contribution < 1.29 is 19.1 Å². The summed E-state index contributed by atoms with van der Waals surface area (Å²) in [6, 6.07) is 3.83. The molecule has 0 spiro atoms. The predicted molar refractivity (Wildman–Crippen MR) is 77.6 cm³/mol. The summed E-state index contributed by atoms with van der Waals surface area (Å²) in [7, 11) is 0. The van der Waals surface area contributed by atoms with Crippen molar-refractivity contribution >= 4 is 11.9 Å². The van der Waals surface area contributed by atoms with Gasteiger partial charge in [0.2, 0.25) is 5.91 Å². The van der Waals surface area contributed by atoms with Crippen molar-refractivity contribution in [1.29, 1.82) is 0 Å². The average molecular weight is 293 g/mol. The standard InChI is InChI=1S/C16H23NO4/c1-10(2)17(9-14-7-4-11(3)21-14)15(18)12-5-6-13(8-12)16(19)20/h4,7,10,12-13H,5-6,8-9H2,1-3H3,(H,19,20)/t12-,13+/m1/s1. The number of furan rings is 1. The normalized spacial score (nSPS) is 21.7. The van der Waals surface area contributed by atoms with Gasteiger partial charge >= 0.3 is 5.97 Å². The fraction of sp³-hybridized carbons (Fsp3) is 0.625. The predicted octanol–water partition coefficient (Wildman–Crippen LogP) is 2.83. The van der Waals surface area contributed by atoms with Gasteiger partial charge in [0, 0.05) is 12.0 Å². The topological polar surface area (TPSA) is 70.8 Å². The third-order valence-corrected chi connectivity index (χ3v) is 4.16. The van der Waals surface area contributed by atoms with E-state index >= 15 is 0 Å². The van der Waals surface area contributed by atoms with Crippen molar-refractivity contribution in [3.8, 4) is 0 Å². The molecule has 5 nitrogen and oxygen atoms in total. The number of hydrogen-bond donors (Lipinski definition) is 1. The first kappa shape index (κ1) is 15.6. The number of carboxylic acid groups (broad SMARTS) is 1. The summed E-state index contributed by atoms with van der Waals surface area (Å²) >= 11 is 0. The smallest absolute Gasteiger partial charge is 0.306 e. The van der Waals surface area contributed by atoms with Gasteiger partial charge in [0.1, 0.15) is 11.5 Å². The quantitative estimate of drug-likeness (QED) is 0.906. The van der Waals surface area contributed by atoms with E-state index in [1.165, 1.54) is 0 Å². The Hall–Kier alpha value is -1.78. The molecule has 21 heavy (non-hydrogen) atoms. The lowest BCUT2D eigenvalue weighted by Crippen LogP contribution is -2.39. The number of amides is 1. The number of carbonyl (C=O) groups excluding carboxylic acids is 1. The molecule has 1 heterocycles. The maximum absolute atomic E-state index is 12.7. The third-order valence-electron chi connectivity index (χ3n) is 4.16. The Morgan fingerprint density at radius 1 is 1.33 bits per heavy atom. The van der Waals surface area contributed by atoms with Crippen molar-refractivity contribution in [3.63, 3.8) is 0 Å². The number of nitrogens with zero attached hydrogens (tertiary/aromatic N) is 1. The van der Waals surface area contributed by atoms with Crippen LogP contribution in [0.3, 0.4) is 0 Å². The highest BCUT2D eigenvalue weighted by molar-refractivity contribution is 5.81. The minimum atomic E-state index is -0.789. The Labute approximate surface area is 124 Å². The van der Waals surface area contributed by atoms with E-state index in [1.54, 1.807) is 4.90 Å². The molecular weight excluding hydrogens is 270 g/mol. The second kappa shape index (κ2) is 6.33. The molecule has 0 aliphatic heterocycles. The molecule has 0 radical (unpaired) electrons. The van der Waals surface area contributed by atoms with Crippen LogP contribution in [0.1, 0.15) is 44.6 Å². The molecule has 1 aliphatic rings. The fourth-order valence-electron chi connectivity index (χ4n) is 2.92. The Morgan fingerprint density at radius 3 is 2.48 bits per heavy atom. The van der Waals surface area contributed by atoms with Gasteiger partial charge in [-0.15, -0.1) is 0 Å². The Kier molecular flexibility index (Phi) is 4.70. The maximum Gasteiger partial charge on any atom is 0.306 e. The van der Waals surface area contributed by atoms with Crippen LogP contribution in [0.25, 0.3) is 0 Å². The molecule has 2 atom stereocenters. The molecule has 5 heteroatoms. The van der Waals surface area contributed by atoms with Gasteiger partial charge in [-0.2, -0.15) is 0 Å². The van der Waals surface area contributed by atoms with Gasteiger partial charge < -0.3 is 14.4 Å². The largest absolute Gasteiger partial charge is 0.481 e. The second-order valence-electron chi connectivity index (χ2n) is 6.12. The van der Waals surface area contributed by atoms with Crippen LogP contribution in [0.5, 0.6) is 0 Å². The minimum Gasteiger partial charge on any atom is -0.481 e. The Bertz CT molecular complexity index is 520. The summed E-state index contributed by atoms with van der Waals surface area (Å²) in [6.07, 6.45) is 1.71. The van der Waals surface area contributed by atoms with Gasteiger partial charge in [0.25, 0.3) is 0 Å². The monoisotopic (exact) mass is 293 g/mol. The first-order valence-corrected chi connectivity index (χ1v) is 7.47. The molecule has 1 aromatic heterocycles. The molecule has 1 amide bonds. The zero-order valence-electron chi connectivity index (χ0n) is 12.8. The second-order valence-corrected chi connectivity index (χ2v) is 6.12. The van der Waals surface area contributed by atoms with E-state index in [9.17, 15) is 9.59 Å². The third kappa shape index (κ3) is 3.65. The van der Waals surface area contributed by atoms with Crippen molar-refractivity contribution in [3.05, 3.63) is 23.7 Å². The minimum absolute atomic E-state index is 0.0443. The van der Waals surface area contributed by atoms with Crippen LogP contribution >= 0.6 is 0 Å². The number of carboxylic acids is 1. The molecule has 1 saturated carbocycles. The zero-order valence-corrected chi connectivity index (χ0v) is 12.8.